The van der Waals surface area contributed by atoms with Gasteiger partial charge in [0.15, 0.2) is 11.6 Å². The van der Waals surface area contributed by atoms with Crippen LogP contribution >= 0.6 is 0 Å². The largest absolute Gasteiger partial charge is 0.432 e. The number of hydrogen-bond donors (Lipinski definition) is 2. The number of anilines is 1. The number of H-pyrrole nitrogens is 1. The average Bonchev–Trinajstić information content (AvgIpc) is 2.60. The minimum absolute atomic E-state index is 0.101. The summed E-state index contributed by atoms with van der Waals surface area (Å²) in [5.74, 6) is -2.14. The minimum Gasteiger partial charge on any atom is -0.432 e. The van der Waals surface area contributed by atoms with Gasteiger partial charge in [-0.2, -0.15) is 8.78 Å². The second-order valence-corrected chi connectivity index (χ2v) is 6.61. The molecule has 0 saturated heterocycles. The van der Waals surface area contributed by atoms with Gasteiger partial charge in [-0.3, -0.25) is 14.6 Å². The first-order valence-electron chi connectivity index (χ1n) is 8.42. The molecule has 0 radical (unpaired) electrons. The van der Waals surface area contributed by atoms with Crippen LogP contribution in [0.25, 0.3) is 0 Å². The summed E-state index contributed by atoms with van der Waals surface area (Å²) < 4.78 is 42.7. The Morgan fingerprint density at radius 2 is 1.93 bits per heavy atom. The van der Waals surface area contributed by atoms with E-state index < -0.39 is 35.7 Å². The summed E-state index contributed by atoms with van der Waals surface area (Å²) in [6.45, 7) is 0.445. The van der Waals surface area contributed by atoms with Crippen LogP contribution in [0.2, 0.25) is 0 Å². The second kappa shape index (κ2) is 8.77. The van der Waals surface area contributed by atoms with E-state index in [0.717, 1.165) is 18.2 Å². The maximum absolute atomic E-state index is 14.1. The molecule has 0 saturated carbocycles. The number of alkyl halides is 2. The number of hydrogen-bond acceptors (Lipinski definition) is 5. The summed E-state index contributed by atoms with van der Waals surface area (Å²) in [4.78, 5) is 32.5. The first-order valence-corrected chi connectivity index (χ1v) is 8.42. The molecular weight excluding hydrogens is 377 g/mol. The predicted octanol–water partition coefficient (Wildman–Crippen LogP) is 2.70. The van der Waals surface area contributed by atoms with Crippen LogP contribution in [0.1, 0.15) is 35.9 Å². The Morgan fingerprint density at radius 3 is 2.46 bits per heavy atom. The van der Waals surface area contributed by atoms with E-state index >= 15 is 0 Å². The van der Waals surface area contributed by atoms with Gasteiger partial charge in [-0.25, -0.2) is 9.37 Å². The van der Waals surface area contributed by atoms with Gasteiger partial charge in [0.05, 0.1) is 6.04 Å². The molecule has 1 amide bonds. The Hall–Kier alpha value is -3.04. The first-order chi connectivity index (χ1) is 13.1. The standard InChI is InChI=1S/C18H21F3N4O3/c1-9(2)15(10-5-6-13(11(19)7-10)28-17(20)21)24-16(27)12-8-14(26)23-18(22-12)25(3)4/h5-9,15,17H,1-4H3,(H,24,27)(H,22,23,26). The number of benzene rings is 1. The summed E-state index contributed by atoms with van der Waals surface area (Å²) in [5, 5.41) is 2.70. The Balaban J connectivity index is 2.29. The van der Waals surface area contributed by atoms with Crippen LogP contribution < -0.4 is 20.5 Å². The Bertz CT molecular complexity index is 900. The number of nitrogens with zero attached hydrogens (tertiary/aromatic N) is 2. The fourth-order valence-corrected chi connectivity index (χ4v) is 2.53. The number of nitrogens with one attached hydrogen (secondary N) is 2. The molecule has 1 aromatic heterocycles. The molecule has 10 heteroatoms. The summed E-state index contributed by atoms with van der Waals surface area (Å²) in [6, 6.07) is 3.90. The highest BCUT2D eigenvalue weighted by atomic mass is 19.3. The second-order valence-electron chi connectivity index (χ2n) is 6.61. The first kappa shape index (κ1) is 21.3. The number of rotatable bonds is 7. The van der Waals surface area contributed by atoms with Crippen molar-refractivity contribution in [3.8, 4) is 5.75 Å². The van der Waals surface area contributed by atoms with Gasteiger partial charge < -0.3 is 15.0 Å². The number of ether oxygens (including phenoxy) is 1. The molecule has 2 aromatic rings. The number of aromatic amines is 1. The van der Waals surface area contributed by atoms with Crippen LogP contribution in [-0.4, -0.2) is 36.6 Å². The summed E-state index contributed by atoms with van der Waals surface area (Å²) in [7, 11) is 3.31. The molecule has 0 bridgehead atoms. The van der Waals surface area contributed by atoms with Gasteiger partial charge in [-0.1, -0.05) is 19.9 Å². The third kappa shape index (κ3) is 5.24. The smallest absolute Gasteiger partial charge is 0.387 e. The van der Waals surface area contributed by atoms with E-state index in [-0.39, 0.29) is 17.6 Å². The zero-order valence-electron chi connectivity index (χ0n) is 15.8. The van der Waals surface area contributed by atoms with Gasteiger partial charge in [-0.05, 0) is 23.6 Å². The van der Waals surface area contributed by atoms with Crippen LogP contribution in [-0.2, 0) is 0 Å². The predicted molar refractivity (Wildman–Crippen MR) is 97.3 cm³/mol. The monoisotopic (exact) mass is 398 g/mol. The fraction of sp³-hybridized carbons (Fsp3) is 0.389. The molecule has 0 aliphatic carbocycles. The maximum atomic E-state index is 14.1. The molecule has 152 valence electrons. The lowest BCUT2D eigenvalue weighted by molar-refractivity contribution is -0.0522. The average molecular weight is 398 g/mol. The number of aromatic nitrogens is 2. The molecule has 1 unspecified atom stereocenters. The van der Waals surface area contributed by atoms with Gasteiger partial charge in [-0.15, -0.1) is 0 Å². The highest BCUT2D eigenvalue weighted by molar-refractivity contribution is 5.92. The third-order valence-electron chi connectivity index (χ3n) is 3.87. The molecular formula is C18H21F3N4O3. The van der Waals surface area contributed by atoms with Crippen LogP contribution in [0.3, 0.4) is 0 Å². The van der Waals surface area contributed by atoms with E-state index in [2.05, 4.69) is 20.0 Å². The normalized spacial score (nSPS) is 12.2. The van der Waals surface area contributed by atoms with Gasteiger partial charge in [0.25, 0.3) is 11.5 Å². The van der Waals surface area contributed by atoms with Gasteiger partial charge >= 0.3 is 6.61 Å². The van der Waals surface area contributed by atoms with Crippen molar-refractivity contribution in [1.29, 1.82) is 0 Å². The van der Waals surface area contributed by atoms with Crippen LogP contribution in [0.4, 0.5) is 19.1 Å². The molecule has 2 rings (SSSR count). The molecule has 0 aliphatic rings. The van der Waals surface area contributed by atoms with E-state index in [1.54, 1.807) is 27.9 Å². The van der Waals surface area contributed by atoms with Crippen LogP contribution in [0.5, 0.6) is 5.75 Å². The molecule has 2 N–H and O–H groups in total. The highest BCUT2D eigenvalue weighted by Crippen LogP contribution is 2.27. The van der Waals surface area contributed by atoms with Crippen molar-refractivity contribution in [3.63, 3.8) is 0 Å². The molecule has 1 heterocycles. The number of amides is 1. The molecule has 28 heavy (non-hydrogen) atoms. The Labute approximate surface area is 159 Å². The Morgan fingerprint density at radius 1 is 1.25 bits per heavy atom. The minimum atomic E-state index is -3.14. The molecule has 0 fully saturated rings. The van der Waals surface area contributed by atoms with Gasteiger partial charge in [0.1, 0.15) is 5.69 Å². The summed E-state index contributed by atoms with van der Waals surface area (Å²) in [5.41, 5.74) is -0.235. The van der Waals surface area contributed by atoms with Crippen molar-refractivity contribution in [2.75, 3.05) is 19.0 Å². The lowest BCUT2D eigenvalue weighted by Crippen LogP contribution is -2.33. The SMILES string of the molecule is CC(C)C(NC(=O)c1cc(=O)[nH]c(N(C)C)n1)c1ccc(OC(F)F)c(F)c1. The summed E-state index contributed by atoms with van der Waals surface area (Å²) >= 11 is 0. The molecule has 1 aromatic carbocycles. The van der Waals surface area contributed by atoms with Crippen molar-refractivity contribution in [2.24, 2.45) is 5.92 Å². The van der Waals surface area contributed by atoms with E-state index in [1.807, 2.05) is 0 Å². The highest BCUT2D eigenvalue weighted by Gasteiger charge is 2.22. The van der Waals surface area contributed by atoms with Crippen molar-refractivity contribution in [1.82, 2.24) is 15.3 Å². The third-order valence-corrected chi connectivity index (χ3v) is 3.87. The quantitative estimate of drug-likeness (QED) is 0.749. The maximum Gasteiger partial charge on any atom is 0.387 e. The van der Waals surface area contributed by atoms with E-state index in [9.17, 15) is 22.8 Å². The van der Waals surface area contributed by atoms with E-state index in [1.165, 1.54) is 11.0 Å². The molecule has 7 nitrogen and oxygen atoms in total. The topological polar surface area (TPSA) is 87.3 Å². The van der Waals surface area contributed by atoms with Crippen LogP contribution in [0, 0.1) is 11.7 Å². The zero-order chi connectivity index (χ0) is 21.0. The van der Waals surface area contributed by atoms with Crippen molar-refractivity contribution in [2.45, 2.75) is 26.5 Å². The van der Waals surface area contributed by atoms with Crippen LogP contribution in [0.15, 0.2) is 29.1 Å². The molecule has 1 atom stereocenters. The lowest BCUT2D eigenvalue weighted by atomic mass is 9.95. The van der Waals surface area contributed by atoms with Gasteiger partial charge in [0, 0.05) is 20.2 Å². The zero-order valence-corrected chi connectivity index (χ0v) is 15.8. The number of carbonyl (C=O) groups excluding carboxylic acids is 1. The lowest BCUT2D eigenvalue weighted by Gasteiger charge is -2.23. The van der Waals surface area contributed by atoms with Crippen molar-refractivity contribution >= 4 is 11.9 Å². The van der Waals surface area contributed by atoms with E-state index in [0.29, 0.717) is 5.56 Å². The van der Waals surface area contributed by atoms with Gasteiger partial charge in [0.2, 0.25) is 5.95 Å². The van der Waals surface area contributed by atoms with E-state index in [4.69, 9.17) is 0 Å². The van der Waals surface area contributed by atoms with Crippen molar-refractivity contribution < 1.29 is 22.7 Å². The van der Waals surface area contributed by atoms with Crippen molar-refractivity contribution in [3.05, 3.63) is 51.7 Å². The molecule has 0 spiro atoms. The molecule has 0 aliphatic heterocycles. The number of halogens is 3. The number of carbonyl (C=O) groups is 1. The summed E-state index contributed by atoms with van der Waals surface area (Å²) in [6.07, 6.45) is 0. The fourth-order valence-electron chi connectivity index (χ4n) is 2.53. The Kier molecular flexibility index (Phi) is 6.66.